The summed E-state index contributed by atoms with van der Waals surface area (Å²) < 4.78 is 5.54. The minimum atomic E-state index is -0.186. The lowest BCUT2D eigenvalue weighted by Gasteiger charge is -2.24. The maximum Gasteiger partial charge on any atom is 0.122 e. The van der Waals surface area contributed by atoms with E-state index in [0.29, 0.717) is 0 Å². The minimum absolute atomic E-state index is 0.186. The van der Waals surface area contributed by atoms with Gasteiger partial charge in [-0.3, -0.25) is 0 Å². The molecule has 0 aromatic heterocycles. The first kappa shape index (κ1) is 13.4. The van der Waals surface area contributed by atoms with Crippen LogP contribution in [0.1, 0.15) is 49.8 Å². The van der Waals surface area contributed by atoms with Crippen LogP contribution in [0.3, 0.4) is 0 Å². The van der Waals surface area contributed by atoms with Crippen molar-refractivity contribution in [3.05, 3.63) is 28.8 Å². The van der Waals surface area contributed by atoms with Crippen molar-refractivity contribution in [3.63, 3.8) is 0 Å². The van der Waals surface area contributed by atoms with Crippen LogP contribution in [0.15, 0.2) is 12.1 Å². The molecule has 0 saturated heterocycles. The van der Waals surface area contributed by atoms with Gasteiger partial charge in [0.15, 0.2) is 0 Å². The zero-order valence-electron chi connectivity index (χ0n) is 11.9. The van der Waals surface area contributed by atoms with Crippen molar-refractivity contribution >= 4 is 0 Å². The third kappa shape index (κ3) is 3.05. The summed E-state index contributed by atoms with van der Waals surface area (Å²) in [6, 6.07) is 4.36. The van der Waals surface area contributed by atoms with Gasteiger partial charge in [-0.1, -0.05) is 12.5 Å². The lowest BCUT2D eigenvalue weighted by Crippen LogP contribution is -2.35. The Morgan fingerprint density at radius 3 is 2.56 bits per heavy atom. The number of hydrogen-bond acceptors (Lipinski definition) is 2. The van der Waals surface area contributed by atoms with Gasteiger partial charge in [0, 0.05) is 5.54 Å². The van der Waals surface area contributed by atoms with Crippen LogP contribution in [0.4, 0.5) is 0 Å². The highest BCUT2D eigenvalue weighted by molar-refractivity contribution is 5.46. The third-order valence-corrected chi connectivity index (χ3v) is 3.71. The van der Waals surface area contributed by atoms with Crippen molar-refractivity contribution < 1.29 is 4.74 Å². The standard InChI is InChI=1S/C16H25NO/c1-16(2,17)11-14-13-8-6-4-5-7-12(13)9-10-15(14)18-3/h9-10H,4-8,11,17H2,1-3H3. The van der Waals surface area contributed by atoms with Crippen LogP contribution in [0.2, 0.25) is 0 Å². The second-order valence-electron chi connectivity index (χ2n) is 6.11. The summed E-state index contributed by atoms with van der Waals surface area (Å²) in [5.74, 6) is 1.01. The van der Waals surface area contributed by atoms with E-state index in [0.717, 1.165) is 12.2 Å². The maximum absolute atomic E-state index is 6.21. The molecule has 2 rings (SSSR count). The smallest absolute Gasteiger partial charge is 0.122 e. The van der Waals surface area contributed by atoms with Gasteiger partial charge in [0.2, 0.25) is 0 Å². The molecule has 0 fully saturated rings. The van der Waals surface area contributed by atoms with Gasteiger partial charge in [-0.15, -0.1) is 0 Å². The number of nitrogens with two attached hydrogens (primary N) is 1. The van der Waals surface area contributed by atoms with E-state index in [-0.39, 0.29) is 5.54 Å². The van der Waals surface area contributed by atoms with E-state index in [4.69, 9.17) is 10.5 Å². The molecule has 0 heterocycles. The lowest BCUT2D eigenvalue weighted by atomic mass is 9.88. The lowest BCUT2D eigenvalue weighted by molar-refractivity contribution is 0.401. The molecule has 0 amide bonds. The molecule has 1 aromatic rings. The summed E-state index contributed by atoms with van der Waals surface area (Å²) in [4.78, 5) is 0. The molecular formula is C16H25NO. The third-order valence-electron chi connectivity index (χ3n) is 3.71. The van der Waals surface area contributed by atoms with Gasteiger partial charge >= 0.3 is 0 Å². The summed E-state index contributed by atoms with van der Waals surface area (Å²) in [7, 11) is 1.76. The first-order chi connectivity index (χ1) is 8.51. The largest absolute Gasteiger partial charge is 0.496 e. The Kier molecular flexibility index (Phi) is 3.96. The number of benzene rings is 1. The molecule has 0 radical (unpaired) electrons. The van der Waals surface area contributed by atoms with E-state index >= 15 is 0 Å². The highest BCUT2D eigenvalue weighted by Gasteiger charge is 2.21. The predicted octanol–water partition coefficient (Wildman–Crippen LogP) is 3.24. The van der Waals surface area contributed by atoms with Gasteiger partial charge in [0.25, 0.3) is 0 Å². The zero-order valence-corrected chi connectivity index (χ0v) is 11.9. The molecule has 0 saturated carbocycles. The van der Waals surface area contributed by atoms with Crippen LogP contribution in [-0.2, 0) is 19.3 Å². The fraction of sp³-hybridized carbons (Fsp3) is 0.625. The van der Waals surface area contributed by atoms with Gasteiger partial charge in [0.05, 0.1) is 7.11 Å². The normalized spacial score (nSPS) is 16.0. The predicted molar refractivity (Wildman–Crippen MR) is 76.2 cm³/mol. The molecule has 18 heavy (non-hydrogen) atoms. The quantitative estimate of drug-likeness (QED) is 0.832. The average molecular weight is 247 g/mol. The van der Waals surface area contributed by atoms with Crippen molar-refractivity contribution in [3.8, 4) is 5.75 Å². The fourth-order valence-corrected chi connectivity index (χ4v) is 2.90. The van der Waals surface area contributed by atoms with Gasteiger partial charge in [-0.2, -0.15) is 0 Å². The Bertz CT molecular complexity index is 418. The molecule has 1 aliphatic rings. The summed E-state index contributed by atoms with van der Waals surface area (Å²) in [6.45, 7) is 4.17. The van der Waals surface area contributed by atoms with Crippen molar-refractivity contribution in [2.24, 2.45) is 5.73 Å². The molecule has 2 N–H and O–H groups in total. The van der Waals surface area contributed by atoms with E-state index in [1.165, 1.54) is 48.8 Å². The Labute approximate surface area is 111 Å². The topological polar surface area (TPSA) is 35.2 Å². The highest BCUT2D eigenvalue weighted by atomic mass is 16.5. The summed E-state index contributed by atoms with van der Waals surface area (Å²) >= 11 is 0. The van der Waals surface area contributed by atoms with E-state index in [2.05, 4.69) is 26.0 Å². The van der Waals surface area contributed by atoms with Gasteiger partial charge < -0.3 is 10.5 Å². The van der Waals surface area contributed by atoms with Crippen LogP contribution < -0.4 is 10.5 Å². The number of ether oxygens (including phenoxy) is 1. The van der Waals surface area contributed by atoms with Gasteiger partial charge in [-0.05, 0) is 68.7 Å². The molecule has 0 spiro atoms. The minimum Gasteiger partial charge on any atom is -0.496 e. The Balaban J connectivity index is 2.45. The zero-order chi connectivity index (χ0) is 13.2. The molecule has 0 bridgehead atoms. The fourth-order valence-electron chi connectivity index (χ4n) is 2.90. The van der Waals surface area contributed by atoms with E-state index < -0.39 is 0 Å². The SMILES string of the molecule is COc1ccc2c(c1CC(C)(C)N)CCCCC2. The molecule has 2 nitrogen and oxygen atoms in total. The number of hydrogen-bond donors (Lipinski definition) is 1. The molecule has 100 valence electrons. The van der Waals surface area contributed by atoms with Gasteiger partial charge in [0.1, 0.15) is 5.75 Å². The molecule has 1 aliphatic carbocycles. The van der Waals surface area contributed by atoms with Crippen LogP contribution >= 0.6 is 0 Å². The van der Waals surface area contributed by atoms with Crippen molar-refractivity contribution in [2.75, 3.05) is 7.11 Å². The van der Waals surface area contributed by atoms with Crippen molar-refractivity contribution in [1.29, 1.82) is 0 Å². The summed E-state index contributed by atoms with van der Waals surface area (Å²) in [5.41, 5.74) is 10.4. The average Bonchev–Trinajstić information content (AvgIpc) is 2.52. The summed E-state index contributed by atoms with van der Waals surface area (Å²) in [6.07, 6.45) is 7.21. The first-order valence-corrected chi connectivity index (χ1v) is 6.98. The number of methoxy groups -OCH3 is 1. The van der Waals surface area contributed by atoms with Crippen molar-refractivity contribution in [2.45, 2.75) is 57.9 Å². The molecule has 1 aromatic carbocycles. The molecule has 2 heteroatoms. The second kappa shape index (κ2) is 5.31. The molecular weight excluding hydrogens is 222 g/mol. The van der Waals surface area contributed by atoms with Crippen LogP contribution in [0.5, 0.6) is 5.75 Å². The Hall–Kier alpha value is -1.02. The molecule has 0 atom stereocenters. The number of rotatable bonds is 3. The van der Waals surface area contributed by atoms with E-state index in [1.54, 1.807) is 7.11 Å². The number of fused-ring (bicyclic) bond motifs is 1. The van der Waals surface area contributed by atoms with Crippen molar-refractivity contribution in [1.82, 2.24) is 0 Å². The first-order valence-electron chi connectivity index (χ1n) is 6.98. The van der Waals surface area contributed by atoms with Gasteiger partial charge in [-0.25, -0.2) is 0 Å². The summed E-state index contributed by atoms with van der Waals surface area (Å²) in [5, 5.41) is 0. The molecule has 0 aliphatic heterocycles. The van der Waals surface area contributed by atoms with E-state index in [9.17, 15) is 0 Å². The maximum atomic E-state index is 6.21. The Morgan fingerprint density at radius 1 is 1.17 bits per heavy atom. The Morgan fingerprint density at radius 2 is 1.89 bits per heavy atom. The molecule has 0 unspecified atom stereocenters. The highest BCUT2D eigenvalue weighted by Crippen LogP contribution is 2.32. The van der Waals surface area contributed by atoms with Crippen LogP contribution in [0, 0.1) is 0 Å². The van der Waals surface area contributed by atoms with Crippen LogP contribution in [0.25, 0.3) is 0 Å². The number of aryl methyl sites for hydroxylation is 1. The monoisotopic (exact) mass is 247 g/mol. The second-order valence-corrected chi connectivity index (χ2v) is 6.11. The van der Waals surface area contributed by atoms with Crippen LogP contribution in [-0.4, -0.2) is 12.6 Å². The van der Waals surface area contributed by atoms with E-state index in [1.807, 2.05) is 0 Å².